The maximum atomic E-state index is 10.8. The molecule has 0 saturated carbocycles. The summed E-state index contributed by atoms with van der Waals surface area (Å²) in [6.45, 7) is 6.43. The van der Waals surface area contributed by atoms with E-state index in [9.17, 15) is 4.79 Å². The molecule has 1 aromatic carbocycles. The van der Waals surface area contributed by atoms with E-state index in [-0.39, 0.29) is 0 Å². The summed E-state index contributed by atoms with van der Waals surface area (Å²) in [5.41, 5.74) is 3.24. The highest BCUT2D eigenvalue weighted by Gasteiger charge is 2.06. The Kier molecular flexibility index (Phi) is 5.63. The summed E-state index contributed by atoms with van der Waals surface area (Å²) < 4.78 is 0. The third-order valence-electron chi connectivity index (χ3n) is 3.28. The minimum absolute atomic E-state index is 0.553. The molecule has 2 nitrogen and oxygen atoms in total. The summed E-state index contributed by atoms with van der Waals surface area (Å²) in [6, 6.07) is 8.28. The standard InChI is InChI=1S/C16H22O2/c1-4-6-15(11-16(17)18)14-9-7-13(8-10-14)12(3)5-2/h7-12H,4-6H2,1-3H3,(H,17,18)/b15-11+. The van der Waals surface area contributed by atoms with Crippen LogP contribution in [0.5, 0.6) is 0 Å². The molecule has 1 atom stereocenters. The Hall–Kier alpha value is -1.57. The number of aliphatic carboxylic acids is 1. The molecule has 0 spiro atoms. The molecular formula is C16H22O2. The van der Waals surface area contributed by atoms with Gasteiger partial charge in [-0.2, -0.15) is 0 Å². The number of rotatable bonds is 6. The third kappa shape index (κ3) is 4.02. The van der Waals surface area contributed by atoms with Gasteiger partial charge in [0.15, 0.2) is 0 Å². The van der Waals surface area contributed by atoms with Crippen LogP contribution in [0.15, 0.2) is 30.3 Å². The molecule has 0 aliphatic rings. The van der Waals surface area contributed by atoms with Crippen LogP contribution in [0.1, 0.15) is 57.1 Å². The molecule has 1 unspecified atom stereocenters. The smallest absolute Gasteiger partial charge is 0.328 e. The maximum Gasteiger partial charge on any atom is 0.328 e. The molecule has 1 aromatic rings. The summed E-state index contributed by atoms with van der Waals surface area (Å²) in [6.07, 6.45) is 4.19. The minimum Gasteiger partial charge on any atom is -0.478 e. The summed E-state index contributed by atoms with van der Waals surface area (Å²) in [4.78, 5) is 10.8. The molecule has 1 N–H and O–H groups in total. The van der Waals surface area contributed by atoms with E-state index in [0.29, 0.717) is 5.92 Å². The van der Waals surface area contributed by atoms with Gasteiger partial charge in [-0.3, -0.25) is 0 Å². The Balaban J connectivity index is 2.97. The molecule has 0 aliphatic heterocycles. The van der Waals surface area contributed by atoms with Gasteiger partial charge in [0.05, 0.1) is 0 Å². The highest BCUT2D eigenvalue weighted by molar-refractivity contribution is 5.90. The van der Waals surface area contributed by atoms with Gasteiger partial charge in [0.25, 0.3) is 0 Å². The van der Waals surface area contributed by atoms with Gasteiger partial charge >= 0.3 is 5.97 Å². The first-order valence-corrected chi connectivity index (χ1v) is 6.62. The van der Waals surface area contributed by atoms with Crippen LogP contribution in [0.3, 0.4) is 0 Å². The van der Waals surface area contributed by atoms with Gasteiger partial charge < -0.3 is 5.11 Å². The number of allylic oxidation sites excluding steroid dienone is 1. The molecule has 0 bridgehead atoms. The lowest BCUT2D eigenvalue weighted by molar-refractivity contribution is -0.131. The fraction of sp³-hybridized carbons (Fsp3) is 0.438. The zero-order valence-electron chi connectivity index (χ0n) is 11.4. The maximum absolute atomic E-state index is 10.8. The summed E-state index contributed by atoms with van der Waals surface area (Å²) in [5, 5.41) is 8.88. The number of carbonyl (C=O) groups is 1. The Bertz CT molecular complexity index is 415. The van der Waals surface area contributed by atoms with Gasteiger partial charge in [-0.05, 0) is 35.5 Å². The molecule has 0 amide bonds. The molecule has 1 rings (SSSR count). The second-order valence-electron chi connectivity index (χ2n) is 4.69. The van der Waals surface area contributed by atoms with Crippen LogP contribution in [0.25, 0.3) is 5.57 Å². The lowest BCUT2D eigenvalue weighted by Gasteiger charge is -2.11. The molecule has 0 aromatic heterocycles. The molecule has 0 saturated heterocycles. The Morgan fingerprint density at radius 2 is 1.89 bits per heavy atom. The van der Waals surface area contributed by atoms with Crippen LogP contribution < -0.4 is 0 Å². The monoisotopic (exact) mass is 246 g/mol. The predicted octanol–water partition coefficient (Wildman–Crippen LogP) is 4.47. The molecule has 0 aliphatic carbocycles. The number of carboxylic acid groups (broad SMARTS) is 1. The highest BCUT2D eigenvalue weighted by atomic mass is 16.4. The summed E-state index contributed by atoms with van der Waals surface area (Å²) >= 11 is 0. The van der Waals surface area contributed by atoms with E-state index in [4.69, 9.17) is 5.11 Å². The first-order valence-electron chi connectivity index (χ1n) is 6.62. The van der Waals surface area contributed by atoms with Crippen molar-refractivity contribution in [1.29, 1.82) is 0 Å². The molecule has 18 heavy (non-hydrogen) atoms. The first kappa shape index (κ1) is 14.5. The van der Waals surface area contributed by atoms with E-state index in [0.717, 1.165) is 30.4 Å². The number of carboxylic acids is 1. The molecule has 98 valence electrons. The van der Waals surface area contributed by atoms with Gasteiger partial charge in [-0.1, -0.05) is 51.5 Å². The van der Waals surface area contributed by atoms with Crippen LogP contribution in [0, 0.1) is 0 Å². The number of benzene rings is 1. The normalized spacial score (nSPS) is 13.4. The van der Waals surface area contributed by atoms with Crippen LogP contribution >= 0.6 is 0 Å². The highest BCUT2D eigenvalue weighted by Crippen LogP contribution is 2.24. The van der Waals surface area contributed by atoms with Crippen molar-refractivity contribution in [2.45, 2.75) is 46.0 Å². The van der Waals surface area contributed by atoms with Crippen molar-refractivity contribution < 1.29 is 9.90 Å². The summed E-state index contributed by atoms with van der Waals surface area (Å²) in [5.74, 6) is -0.318. The van der Waals surface area contributed by atoms with Gasteiger partial charge in [0.1, 0.15) is 0 Å². The van der Waals surface area contributed by atoms with Crippen molar-refractivity contribution >= 4 is 11.5 Å². The van der Waals surface area contributed by atoms with Crippen molar-refractivity contribution in [1.82, 2.24) is 0 Å². The van der Waals surface area contributed by atoms with Gasteiger partial charge in [0.2, 0.25) is 0 Å². The van der Waals surface area contributed by atoms with E-state index in [1.807, 2.05) is 12.1 Å². The predicted molar refractivity (Wildman–Crippen MR) is 75.7 cm³/mol. The van der Waals surface area contributed by atoms with E-state index in [2.05, 4.69) is 32.9 Å². The molecular weight excluding hydrogens is 224 g/mol. The topological polar surface area (TPSA) is 37.3 Å². The number of hydrogen-bond donors (Lipinski definition) is 1. The van der Waals surface area contributed by atoms with Crippen molar-refractivity contribution in [3.05, 3.63) is 41.5 Å². The number of hydrogen-bond acceptors (Lipinski definition) is 1. The Labute approximate surface area is 109 Å². The zero-order valence-corrected chi connectivity index (χ0v) is 11.4. The van der Waals surface area contributed by atoms with Crippen molar-refractivity contribution in [3.8, 4) is 0 Å². The van der Waals surface area contributed by atoms with Crippen molar-refractivity contribution in [2.75, 3.05) is 0 Å². The van der Waals surface area contributed by atoms with Gasteiger partial charge in [-0.15, -0.1) is 0 Å². The first-order chi connectivity index (χ1) is 8.58. The second-order valence-corrected chi connectivity index (χ2v) is 4.69. The molecule has 0 fully saturated rings. The van der Waals surface area contributed by atoms with Crippen LogP contribution in [0.2, 0.25) is 0 Å². The Morgan fingerprint density at radius 1 is 1.28 bits per heavy atom. The van der Waals surface area contributed by atoms with Crippen LogP contribution in [-0.4, -0.2) is 11.1 Å². The summed E-state index contributed by atoms with van der Waals surface area (Å²) in [7, 11) is 0. The average Bonchev–Trinajstić information content (AvgIpc) is 2.37. The lowest BCUT2D eigenvalue weighted by Crippen LogP contribution is -1.95. The quantitative estimate of drug-likeness (QED) is 0.752. The van der Waals surface area contributed by atoms with Crippen LogP contribution in [0.4, 0.5) is 0 Å². The van der Waals surface area contributed by atoms with E-state index in [1.165, 1.54) is 11.6 Å². The molecule has 0 heterocycles. The Morgan fingerprint density at radius 3 is 2.33 bits per heavy atom. The van der Waals surface area contributed by atoms with Crippen molar-refractivity contribution in [2.24, 2.45) is 0 Å². The van der Waals surface area contributed by atoms with Crippen LogP contribution in [-0.2, 0) is 4.79 Å². The SMILES string of the molecule is CCC/C(=C\C(=O)O)c1ccc(C(C)CC)cc1. The van der Waals surface area contributed by atoms with E-state index < -0.39 is 5.97 Å². The van der Waals surface area contributed by atoms with Gasteiger partial charge in [0, 0.05) is 6.08 Å². The fourth-order valence-electron chi connectivity index (χ4n) is 1.98. The van der Waals surface area contributed by atoms with E-state index in [1.54, 1.807) is 0 Å². The third-order valence-corrected chi connectivity index (χ3v) is 3.28. The largest absolute Gasteiger partial charge is 0.478 e. The average molecular weight is 246 g/mol. The van der Waals surface area contributed by atoms with Crippen molar-refractivity contribution in [3.63, 3.8) is 0 Å². The molecule has 2 heteroatoms. The molecule has 0 radical (unpaired) electrons. The fourth-order valence-corrected chi connectivity index (χ4v) is 1.98. The zero-order chi connectivity index (χ0) is 13.5. The minimum atomic E-state index is -0.871. The van der Waals surface area contributed by atoms with Gasteiger partial charge in [-0.25, -0.2) is 4.79 Å². The lowest BCUT2D eigenvalue weighted by atomic mass is 9.94. The second kappa shape index (κ2) is 7.00. The van der Waals surface area contributed by atoms with E-state index >= 15 is 0 Å².